The Morgan fingerprint density at radius 2 is 1.78 bits per heavy atom. The lowest BCUT2D eigenvalue weighted by Crippen LogP contribution is -2.32. The molecule has 1 amide bonds. The van der Waals surface area contributed by atoms with Crippen molar-refractivity contribution in [1.82, 2.24) is 24.5 Å². The quantitative estimate of drug-likeness (QED) is 0.169. The van der Waals surface area contributed by atoms with Gasteiger partial charge in [0.25, 0.3) is 5.91 Å². The molecule has 3 aliphatic rings. The molecule has 0 aliphatic carbocycles. The molecule has 10 atom stereocenters. The van der Waals surface area contributed by atoms with E-state index in [0.29, 0.717) is 5.01 Å². The second kappa shape index (κ2) is 12.2. The van der Waals surface area contributed by atoms with Crippen LogP contribution in [0.3, 0.4) is 0 Å². The molecular weight excluding hydrogens is 683 g/mol. The maximum Gasteiger partial charge on any atom is 0.481 e. The number of aliphatic hydroxyl groups excluding tert-OH is 1. The van der Waals surface area contributed by atoms with Crippen molar-refractivity contribution in [1.29, 1.82) is 0 Å². The number of anilines is 1. The highest BCUT2D eigenvalue weighted by molar-refractivity contribution is 7.61. The van der Waals surface area contributed by atoms with Crippen molar-refractivity contribution in [2.24, 2.45) is 5.73 Å². The van der Waals surface area contributed by atoms with Gasteiger partial charge in [-0.2, -0.15) is 4.31 Å². The van der Waals surface area contributed by atoms with Gasteiger partial charge < -0.3 is 45.3 Å². The molecule has 3 fully saturated rings. The molecule has 3 aromatic heterocycles. The number of phosphoric ester groups is 2. The van der Waals surface area contributed by atoms with Crippen LogP contribution in [0.5, 0.6) is 0 Å². The molecule has 46 heavy (non-hydrogen) atoms. The summed E-state index contributed by atoms with van der Waals surface area (Å²) in [6, 6.07) is 0. The largest absolute Gasteiger partial charge is 0.481 e. The van der Waals surface area contributed by atoms with Gasteiger partial charge in [0.05, 0.1) is 19.5 Å². The van der Waals surface area contributed by atoms with Gasteiger partial charge in [-0.15, -0.1) is 11.3 Å². The van der Waals surface area contributed by atoms with Crippen LogP contribution in [0.1, 0.15) is 41.7 Å². The van der Waals surface area contributed by atoms with Crippen molar-refractivity contribution in [2.45, 2.75) is 68.7 Å². The van der Waals surface area contributed by atoms with Crippen LogP contribution in [0, 0.1) is 0 Å². The number of fused-ring (bicyclic) bond motifs is 2. The minimum Gasteiger partial charge on any atom is -0.385 e. The number of rotatable bonds is 11. The average molecular weight is 712 g/mol. The molecule has 7 N–H and O–H groups in total. The Morgan fingerprint density at radius 1 is 1.11 bits per heavy atom. The number of thiazole rings is 1. The van der Waals surface area contributed by atoms with Crippen molar-refractivity contribution in [3.05, 3.63) is 28.7 Å². The van der Waals surface area contributed by atoms with Gasteiger partial charge in [-0.3, -0.25) is 18.4 Å². The summed E-state index contributed by atoms with van der Waals surface area (Å²) in [6.45, 7) is 1.61. The first-order chi connectivity index (χ1) is 21.5. The van der Waals surface area contributed by atoms with Crippen LogP contribution >= 0.6 is 27.0 Å². The summed E-state index contributed by atoms with van der Waals surface area (Å²) < 4.78 is 78.5. The Morgan fingerprint density at radius 3 is 2.46 bits per heavy atom. The van der Waals surface area contributed by atoms with Crippen molar-refractivity contribution in [2.75, 3.05) is 18.9 Å². The third-order valence-corrected chi connectivity index (χ3v) is 10.6. The fourth-order valence-electron chi connectivity index (χ4n) is 5.19. The highest BCUT2D eigenvalue weighted by atomic mass is 32.1. The minimum absolute atomic E-state index is 0.00654. The standard InChI is InChI=1S/C22H28FN7O13P2S/c1-22(2)41-14-10(39-16(15(14)42-22)20-29-8(5-46-20)18(25)32)4-38-45(35,36)43-44(33,34)37-3-9-11(23)13(31)21(40-9)30-7-28-12-17(24)26-6-27-19(12)30/h5-7,9-11,13-16,21,31H,3-4H2,1-2H3,(H2,25,32)(H,33,34)(H,35,36)(H2,24,26,27)/t9-,10-,11-,13-,14-,15-,16-,21-/m1/s1. The highest BCUT2D eigenvalue weighted by Crippen LogP contribution is 2.61. The molecule has 20 nitrogen and oxygen atoms in total. The molecule has 3 saturated heterocycles. The summed E-state index contributed by atoms with van der Waals surface area (Å²) in [5, 5.41) is 12.2. The smallest absolute Gasteiger partial charge is 0.385 e. The average Bonchev–Trinajstić information content (AvgIpc) is 3.77. The first kappa shape index (κ1) is 33.3. The predicted molar refractivity (Wildman–Crippen MR) is 149 cm³/mol. The molecule has 6 heterocycles. The molecule has 0 aromatic carbocycles. The predicted octanol–water partition coefficient (Wildman–Crippen LogP) is 0.471. The second-order valence-corrected chi connectivity index (χ2v) is 14.7. The van der Waals surface area contributed by atoms with Crippen molar-refractivity contribution in [3.8, 4) is 0 Å². The van der Waals surface area contributed by atoms with E-state index in [0.717, 1.165) is 17.7 Å². The van der Waals surface area contributed by atoms with Gasteiger partial charge in [0, 0.05) is 5.38 Å². The number of carbonyl (C=O) groups is 1. The number of ether oxygens (including phenoxy) is 4. The monoisotopic (exact) mass is 711 g/mol. The number of primary amides is 1. The summed E-state index contributed by atoms with van der Waals surface area (Å²) in [7, 11) is -10.7. The molecule has 0 saturated carbocycles. The first-order valence-corrected chi connectivity index (χ1v) is 17.2. The second-order valence-electron chi connectivity index (χ2n) is 10.8. The molecule has 24 heteroatoms. The van der Waals surface area contributed by atoms with E-state index in [2.05, 4.69) is 24.2 Å². The molecule has 252 valence electrons. The highest BCUT2D eigenvalue weighted by Gasteiger charge is 2.57. The number of nitrogen functional groups attached to an aromatic ring is 1. The summed E-state index contributed by atoms with van der Waals surface area (Å²) in [5.41, 5.74) is 11.3. The van der Waals surface area contributed by atoms with E-state index in [1.54, 1.807) is 13.8 Å². The Labute approximate surface area is 261 Å². The third-order valence-electron chi connectivity index (χ3n) is 7.13. The molecule has 6 rings (SSSR count). The van der Waals surface area contributed by atoms with E-state index >= 15 is 0 Å². The topological polar surface area (TPSA) is 285 Å². The zero-order valence-electron chi connectivity index (χ0n) is 23.8. The molecule has 2 unspecified atom stereocenters. The summed E-state index contributed by atoms with van der Waals surface area (Å²) in [6.07, 6.45) is -8.12. The molecule has 3 aromatic rings. The van der Waals surface area contributed by atoms with Gasteiger partial charge >= 0.3 is 15.6 Å². The zero-order valence-corrected chi connectivity index (χ0v) is 26.4. The van der Waals surface area contributed by atoms with E-state index in [9.17, 15) is 33.2 Å². The Hall–Kier alpha value is -2.56. The van der Waals surface area contributed by atoms with Gasteiger partial charge in [0.1, 0.15) is 59.2 Å². The van der Waals surface area contributed by atoms with Crippen LogP contribution < -0.4 is 11.5 Å². The van der Waals surface area contributed by atoms with Crippen molar-refractivity contribution < 1.29 is 65.5 Å². The maximum absolute atomic E-state index is 14.9. The number of imidazole rings is 1. The van der Waals surface area contributed by atoms with Gasteiger partial charge in [-0.25, -0.2) is 33.5 Å². The summed E-state index contributed by atoms with van der Waals surface area (Å²) in [5.74, 6) is -1.80. The van der Waals surface area contributed by atoms with Gasteiger partial charge in [-0.05, 0) is 13.8 Å². The number of amides is 1. The van der Waals surface area contributed by atoms with Gasteiger partial charge in [0.15, 0.2) is 29.7 Å². The Bertz CT molecular complexity index is 1730. The lowest BCUT2D eigenvalue weighted by Gasteiger charge is -2.24. The summed E-state index contributed by atoms with van der Waals surface area (Å²) >= 11 is 1.08. The number of nitrogens with two attached hydrogens (primary N) is 2. The van der Waals surface area contributed by atoms with Crippen LogP contribution in [-0.2, 0) is 41.4 Å². The number of nitrogens with zero attached hydrogens (tertiary/aromatic N) is 5. The van der Waals surface area contributed by atoms with E-state index in [1.165, 1.54) is 16.3 Å². The van der Waals surface area contributed by atoms with Crippen molar-refractivity contribution in [3.63, 3.8) is 0 Å². The molecular formula is C22H28FN7O13P2S. The molecule has 0 spiro atoms. The molecule has 0 radical (unpaired) electrons. The van der Waals surface area contributed by atoms with Crippen molar-refractivity contribution >= 4 is 49.9 Å². The van der Waals surface area contributed by atoms with E-state index < -0.39 is 89.6 Å². The van der Waals surface area contributed by atoms with E-state index in [1.807, 2.05) is 0 Å². The van der Waals surface area contributed by atoms with Gasteiger partial charge in [0.2, 0.25) is 0 Å². The van der Waals surface area contributed by atoms with Crippen LogP contribution in [0.4, 0.5) is 10.2 Å². The lowest BCUT2D eigenvalue weighted by atomic mass is 10.1. The number of aliphatic hydroxyl groups is 1. The Kier molecular flexibility index (Phi) is 8.81. The fraction of sp³-hybridized carbons (Fsp3) is 0.591. The SMILES string of the molecule is CC1(C)O[C@@H]2[C@H](O1)[C@@H](COP(=O)(O)OP(=O)(O)OC[C@H]1O[C@@H](n3cnc4c(N)ncnc43)[C@H](O)[C@@H]1F)O[C@H]2c1nc(C(N)=O)cs1. The summed E-state index contributed by atoms with van der Waals surface area (Å²) in [4.78, 5) is 47.8. The van der Waals surface area contributed by atoms with Crippen LogP contribution in [0.15, 0.2) is 18.0 Å². The normalized spacial score (nSPS) is 33.2. The third kappa shape index (κ3) is 6.59. The molecule has 0 bridgehead atoms. The Balaban J connectivity index is 1.06. The number of halogens is 1. The van der Waals surface area contributed by atoms with Crippen LogP contribution in [-0.4, -0.2) is 101 Å². The van der Waals surface area contributed by atoms with E-state index in [4.69, 9.17) is 39.5 Å². The van der Waals surface area contributed by atoms with Crippen LogP contribution in [0.2, 0.25) is 0 Å². The number of alkyl halides is 1. The lowest BCUT2D eigenvalue weighted by molar-refractivity contribution is -0.190. The van der Waals surface area contributed by atoms with Gasteiger partial charge in [-0.1, -0.05) is 0 Å². The first-order valence-electron chi connectivity index (χ1n) is 13.4. The number of hydrogen-bond acceptors (Lipinski definition) is 17. The minimum atomic E-state index is -5.38. The zero-order chi connectivity index (χ0) is 33.2. The number of hydrogen-bond donors (Lipinski definition) is 5. The number of phosphoric acid groups is 2. The molecule has 3 aliphatic heterocycles. The fourth-order valence-corrected chi connectivity index (χ4v) is 8.16. The number of carbonyl (C=O) groups excluding carboxylic acids is 1. The van der Waals surface area contributed by atoms with Crippen LogP contribution in [0.25, 0.3) is 11.2 Å². The van der Waals surface area contributed by atoms with E-state index in [-0.39, 0.29) is 22.7 Å². The number of aromatic nitrogens is 5. The maximum atomic E-state index is 14.9.